The maximum absolute atomic E-state index is 11.3. The fourth-order valence-electron chi connectivity index (χ4n) is 1.65. The van der Waals surface area contributed by atoms with Crippen molar-refractivity contribution in [1.82, 2.24) is 9.97 Å². The number of hydrogen-bond acceptors (Lipinski definition) is 5. The Bertz CT molecular complexity index is 543. The zero-order chi connectivity index (χ0) is 13.5. The number of hydrogen-bond donors (Lipinski definition) is 1. The van der Waals surface area contributed by atoms with E-state index in [0.717, 1.165) is 24.2 Å². The van der Waals surface area contributed by atoms with E-state index in [-0.39, 0.29) is 0 Å². The molecule has 0 aliphatic heterocycles. The Morgan fingerprint density at radius 3 is 3.00 bits per heavy atom. The van der Waals surface area contributed by atoms with E-state index in [1.807, 2.05) is 24.4 Å². The number of carbonyl (C=O) groups excluding carboxylic acids is 1. The van der Waals surface area contributed by atoms with Crippen molar-refractivity contribution in [1.29, 1.82) is 0 Å². The Labute approximate surface area is 111 Å². The van der Waals surface area contributed by atoms with Crippen molar-refractivity contribution < 1.29 is 9.53 Å². The van der Waals surface area contributed by atoms with Crippen molar-refractivity contribution in [3.8, 4) is 0 Å². The van der Waals surface area contributed by atoms with Gasteiger partial charge in [-0.1, -0.05) is 6.07 Å². The molecule has 2 aromatic rings. The molecular weight excluding hydrogens is 242 g/mol. The van der Waals surface area contributed by atoms with E-state index >= 15 is 0 Å². The molecule has 98 valence electrons. The molecule has 0 unspecified atom stereocenters. The lowest BCUT2D eigenvalue weighted by atomic mass is 10.2. The van der Waals surface area contributed by atoms with Crippen LogP contribution in [-0.2, 0) is 11.2 Å². The first-order chi connectivity index (χ1) is 9.29. The summed E-state index contributed by atoms with van der Waals surface area (Å²) in [6, 6.07) is 7.43. The highest BCUT2D eigenvalue weighted by atomic mass is 16.5. The van der Waals surface area contributed by atoms with Gasteiger partial charge in [-0.25, -0.2) is 9.78 Å². The highest BCUT2D eigenvalue weighted by Crippen LogP contribution is 2.09. The van der Waals surface area contributed by atoms with Gasteiger partial charge in [-0.15, -0.1) is 0 Å². The number of nitrogens with one attached hydrogen (secondary N) is 1. The van der Waals surface area contributed by atoms with Crippen LogP contribution in [0.25, 0.3) is 0 Å². The lowest BCUT2D eigenvalue weighted by Crippen LogP contribution is -2.08. The molecular formula is C14H15N3O2. The van der Waals surface area contributed by atoms with Crippen LogP contribution in [-0.4, -0.2) is 29.6 Å². The largest absolute Gasteiger partial charge is 0.464 e. The summed E-state index contributed by atoms with van der Waals surface area (Å²) in [5, 5.41) is 3.24. The van der Waals surface area contributed by atoms with Crippen LogP contribution in [0.15, 0.2) is 42.9 Å². The average molecular weight is 257 g/mol. The summed E-state index contributed by atoms with van der Waals surface area (Å²) in [5.41, 5.74) is 2.31. The molecule has 0 amide bonds. The van der Waals surface area contributed by atoms with Gasteiger partial charge in [0.2, 0.25) is 0 Å². The van der Waals surface area contributed by atoms with Crippen molar-refractivity contribution in [2.75, 3.05) is 19.0 Å². The van der Waals surface area contributed by atoms with Gasteiger partial charge in [-0.05, 0) is 30.2 Å². The molecule has 0 saturated heterocycles. The highest BCUT2D eigenvalue weighted by Gasteiger charge is 2.06. The van der Waals surface area contributed by atoms with E-state index in [1.165, 1.54) is 7.11 Å². The Balaban J connectivity index is 1.91. The highest BCUT2D eigenvalue weighted by molar-refractivity contribution is 5.88. The first kappa shape index (κ1) is 13.0. The van der Waals surface area contributed by atoms with Crippen molar-refractivity contribution in [3.63, 3.8) is 0 Å². The Kier molecular flexibility index (Phi) is 4.44. The second-order valence-corrected chi connectivity index (χ2v) is 3.96. The monoisotopic (exact) mass is 257 g/mol. The second-order valence-electron chi connectivity index (χ2n) is 3.96. The van der Waals surface area contributed by atoms with Gasteiger partial charge in [-0.2, -0.15) is 0 Å². The summed E-state index contributed by atoms with van der Waals surface area (Å²) < 4.78 is 4.63. The van der Waals surface area contributed by atoms with Gasteiger partial charge < -0.3 is 10.1 Å². The van der Waals surface area contributed by atoms with Crippen LogP contribution in [0.5, 0.6) is 0 Å². The van der Waals surface area contributed by atoms with E-state index in [2.05, 4.69) is 20.0 Å². The molecule has 1 N–H and O–H groups in total. The average Bonchev–Trinajstić information content (AvgIpc) is 2.48. The molecule has 0 aliphatic carbocycles. The van der Waals surface area contributed by atoms with Crippen LogP contribution in [0.4, 0.5) is 5.69 Å². The van der Waals surface area contributed by atoms with E-state index in [0.29, 0.717) is 5.69 Å². The minimum absolute atomic E-state index is 0.300. The number of anilines is 1. The zero-order valence-corrected chi connectivity index (χ0v) is 10.7. The molecule has 0 saturated carbocycles. The van der Waals surface area contributed by atoms with Crippen molar-refractivity contribution in [3.05, 3.63) is 54.1 Å². The third-order valence-corrected chi connectivity index (χ3v) is 2.62. The summed E-state index contributed by atoms with van der Waals surface area (Å²) in [6.45, 7) is 0.760. The molecule has 0 atom stereocenters. The zero-order valence-electron chi connectivity index (χ0n) is 10.7. The predicted octanol–water partition coefficient (Wildman–Crippen LogP) is 1.92. The van der Waals surface area contributed by atoms with E-state index in [1.54, 1.807) is 18.5 Å². The van der Waals surface area contributed by atoms with Gasteiger partial charge in [-0.3, -0.25) is 4.98 Å². The van der Waals surface area contributed by atoms with Gasteiger partial charge in [0.1, 0.15) is 5.69 Å². The lowest BCUT2D eigenvalue weighted by Gasteiger charge is -2.07. The first-order valence-electron chi connectivity index (χ1n) is 5.97. The van der Waals surface area contributed by atoms with Gasteiger partial charge in [0.15, 0.2) is 0 Å². The Hall–Kier alpha value is -2.43. The molecule has 2 rings (SSSR count). The molecule has 19 heavy (non-hydrogen) atoms. The topological polar surface area (TPSA) is 64.1 Å². The third kappa shape index (κ3) is 3.77. The molecule has 0 fully saturated rings. The third-order valence-electron chi connectivity index (χ3n) is 2.62. The maximum atomic E-state index is 11.3. The second kappa shape index (κ2) is 6.49. The predicted molar refractivity (Wildman–Crippen MR) is 72.0 cm³/mol. The van der Waals surface area contributed by atoms with Gasteiger partial charge in [0.25, 0.3) is 0 Å². The molecule has 0 radical (unpaired) electrons. The molecule has 0 spiro atoms. The van der Waals surface area contributed by atoms with E-state index < -0.39 is 5.97 Å². The first-order valence-corrected chi connectivity index (χ1v) is 5.97. The Morgan fingerprint density at radius 2 is 2.26 bits per heavy atom. The quantitative estimate of drug-likeness (QED) is 0.829. The van der Waals surface area contributed by atoms with Crippen molar-refractivity contribution in [2.24, 2.45) is 0 Å². The van der Waals surface area contributed by atoms with Crippen LogP contribution >= 0.6 is 0 Å². The Morgan fingerprint density at radius 1 is 1.37 bits per heavy atom. The van der Waals surface area contributed by atoms with Gasteiger partial charge in [0, 0.05) is 30.8 Å². The van der Waals surface area contributed by atoms with Crippen LogP contribution in [0, 0.1) is 0 Å². The summed E-state index contributed by atoms with van der Waals surface area (Å²) >= 11 is 0. The van der Waals surface area contributed by atoms with Crippen molar-refractivity contribution in [2.45, 2.75) is 6.42 Å². The number of carbonyl (C=O) groups is 1. The molecule has 0 aliphatic rings. The number of rotatable bonds is 5. The smallest absolute Gasteiger partial charge is 0.356 e. The van der Waals surface area contributed by atoms with Gasteiger partial charge >= 0.3 is 5.97 Å². The number of pyridine rings is 2. The maximum Gasteiger partial charge on any atom is 0.356 e. The normalized spacial score (nSPS) is 9.95. The summed E-state index contributed by atoms with van der Waals surface area (Å²) in [4.78, 5) is 19.4. The van der Waals surface area contributed by atoms with E-state index in [9.17, 15) is 4.79 Å². The van der Waals surface area contributed by atoms with Crippen LogP contribution in [0.3, 0.4) is 0 Å². The SMILES string of the molecule is COC(=O)c1cc(NCCc2cccnc2)ccn1. The van der Waals surface area contributed by atoms with Crippen molar-refractivity contribution >= 4 is 11.7 Å². The standard InChI is InChI=1S/C14H15N3O2/c1-19-14(18)13-9-12(5-8-17-13)16-7-4-11-3-2-6-15-10-11/h2-3,5-6,8-10H,4,7H2,1H3,(H,16,17). The lowest BCUT2D eigenvalue weighted by molar-refractivity contribution is 0.0594. The minimum Gasteiger partial charge on any atom is -0.464 e. The summed E-state index contributed by atoms with van der Waals surface area (Å²) in [6.07, 6.45) is 6.04. The molecule has 2 aromatic heterocycles. The molecule has 5 nitrogen and oxygen atoms in total. The fourth-order valence-corrected chi connectivity index (χ4v) is 1.65. The number of aromatic nitrogens is 2. The van der Waals surface area contributed by atoms with Gasteiger partial charge in [0.05, 0.1) is 7.11 Å². The van der Waals surface area contributed by atoms with E-state index in [4.69, 9.17) is 0 Å². The van der Waals surface area contributed by atoms with Crippen LogP contribution in [0.1, 0.15) is 16.1 Å². The number of nitrogens with zero attached hydrogens (tertiary/aromatic N) is 2. The van der Waals surface area contributed by atoms with Crippen LogP contribution in [0.2, 0.25) is 0 Å². The molecule has 5 heteroatoms. The number of methoxy groups -OCH3 is 1. The number of esters is 1. The van der Waals surface area contributed by atoms with Crippen LogP contribution < -0.4 is 5.32 Å². The molecule has 2 heterocycles. The summed E-state index contributed by atoms with van der Waals surface area (Å²) in [5.74, 6) is -0.434. The molecule has 0 aromatic carbocycles. The molecule has 0 bridgehead atoms. The number of ether oxygens (including phenoxy) is 1. The fraction of sp³-hybridized carbons (Fsp3) is 0.214. The summed E-state index contributed by atoms with van der Waals surface area (Å²) in [7, 11) is 1.34. The minimum atomic E-state index is -0.434.